The fraction of sp³-hybridized carbons (Fsp3) is 0.438. The van der Waals surface area contributed by atoms with E-state index in [9.17, 15) is 9.59 Å². The Kier molecular flexibility index (Phi) is 5.92. The quantitative estimate of drug-likeness (QED) is 0.836. The van der Waals surface area contributed by atoms with Crippen molar-refractivity contribution < 1.29 is 14.3 Å². The second-order valence-corrected chi connectivity index (χ2v) is 5.05. The lowest BCUT2D eigenvalue weighted by Crippen LogP contribution is -2.36. The lowest BCUT2D eigenvalue weighted by molar-refractivity contribution is -0.121. The SMILES string of the molecule is N#Cc1ccc(C(=O)N2CCCOCCNC(=O)CC2)cc1. The number of rotatable bonds is 1. The Morgan fingerprint density at radius 3 is 2.73 bits per heavy atom. The monoisotopic (exact) mass is 301 g/mol. The van der Waals surface area contributed by atoms with Crippen LogP contribution in [0.25, 0.3) is 0 Å². The number of benzene rings is 1. The van der Waals surface area contributed by atoms with Gasteiger partial charge < -0.3 is 15.0 Å². The van der Waals surface area contributed by atoms with E-state index in [1.807, 2.05) is 6.07 Å². The van der Waals surface area contributed by atoms with Crippen molar-refractivity contribution in [3.63, 3.8) is 0 Å². The predicted octanol–water partition coefficient (Wildman–Crippen LogP) is 0.927. The number of carbonyl (C=O) groups is 2. The molecule has 1 aromatic carbocycles. The highest BCUT2D eigenvalue weighted by Crippen LogP contribution is 2.09. The Hall–Kier alpha value is -2.39. The Morgan fingerprint density at radius 1 is 1.23 bits per heavy atom. The van der Waals surface area contributed by atoms with Crippen LogP contribution in [0, 0.1) is 11.3 Å². The Balaban J connectivity index is 2.05. The van der Waals surface area contributed by atoms with Crippen LogP contribution in [0.2, 0.25) is 0 Å². The molecule has 1 N–H and O–H groups in total. The van der Waals surface area contributed by atoms with E-state index in [-0.39, 0.29) is 18.2 Å². The van der Waals surface area contributed by atoms with Gasteiger partial charge in [0, 0.05) is 38.2 Å². The maximum Gasteiger partial charge on any atom is 0.253 e. The first-order valence-electron chi connectivity index (χ1n) is 7.34. The molecule has 1 saturated heterocycles. The van der Waals surface area contributed by atoms with Crippen molar-refractivity contribution in [2.45, 2.75) is 12.8 Å². The maximum absolute atomic E-state index is 12.5. The summed E-state index contributed by atoms with van der Waals surface area (Å²) in [5, 5.41) is 11.6. The predicted molar refractivity (Wildman–Crippen MR) is 80.1 cm³/mol. The first kappa shape index (κ1) is 16.0. The highest BCUT2D eigenvalue weighted by molar-refractivity contribution is 5.94. The molecule has 6 nitrogen and oxygen atoms in total. The average molecular weight is 301 g/mol. The number of nitriles is 1. The van der Waals surface area contributed by atoms with Crippen LogP contribution in [-0.4, -0.2) is 49.6 Å². The highest BCUT2D eigenvalue weighted by atomic mass is 16.5. The van der Waals surface area contributed by atoms with Crippen molar-refractivity contribution in [1.82, 2.24) is 10.2 Å². The van der Waals surface area contributed by atoms with E-state index < -0.39 is 0 Å². The summed E-state index contributed by atoms with van der Waals surface area (Å²) < 4.78 is 5.39. The Morgan fingerprint density at radius 2 is 2.00 bits per heavy atom. The van der Waals surface area contributed by atoms with Crippen molar-refractivity contribution in [2.75, 3.05) is 32.8 Å². The molecule has 0 saturated carbocycles. The second kappa shape index (κ2) is 8.15. The molecule has 1 fully saturated rings. The summed E-state index contributed by atoms with van der Waals surface area (Å²) in [7, 11) is 0. The van der Waals surface area contributed by atoms with E-state index in [0.717, 1.165) is 6.42 Å². The van der Waals surface area contributed by atoms with Gasteiger partial charge in [0.2, 0.25) is 5.91 Å². The molecule has 116 valence electrons. The second-order valence-electron chi connectivity index (χ2n) is 5.05. The summed E-state index contributed by atoms with van der Waals surface area (Å²) >= 11 is 0. The summed E-state index contributed by atoms with van der Waals surface area (Å²) in [5.41, 5.74) is 1.04. The molecule has 0 aromatic heterocycles. The summed E-state index contributed by atoms with van der Waals surface area (Å²) in [4.78, 5) is 25.8. The van der Waals surface area contributed by atoms with Gasteiger partial charge >= 0.3 is 0 Å². The molecule has 2 amide bonds. The van der Waals surface area contributed by atoms with Gasteiger partial charge in [-0.15, -0.1) is 0 Å². The number of nitrogens with zero attached hydrogens (tertiary/aromatic N) is 2. The summed E-state index contributed by atoms with van der Waals surface area (Å²) in [5.74, 6) is -0.209. The molecular formula is C16H19N3O3. The molecule has 0 atom stereocenters. The normalized spacial score (nSPS) is 17.0. The molecule has 1 aromatic rings. The van der Waals surface area contributed by atoms with Gasteiger partial charge in [-0.1, -0.05) is 0 Å². The van der Waals surface area contributed by atoms with Crippen molar-refractivity contribution in [3.8, 4) is 6.07 Å². The zero-order chi connectivity index (χ0) is 15.8. The minimum Gasteiger partial charge on any atom is -0.380 e. The van der Waals surface area contributed by atoms with Gasteiger partial charge in [-0.2, -0.15) is 5.26 Å². The van der Waals surface area contributed by atoms with Crippen LogP contribution < -0.4 is 5.32 Å². The van der Waals surface area contributed by atoms with E-state index in [2.05, 4.69) is 5.32 Å². The van der Waals surface area contributed by atoms with Gasteiger partial charge in [-0.05, 0) is 30.7 Å². The lowest BCUT2D eigenvalue weighted by Gasteiger charge is -2.22. The first-order chi connectivity index (χ1) is 10.7. The van der Waals surface area contributed by atoms with E-state index in [1.54, 1.807) is 29.2 Å². The van der Waals surface area contributed by atoms with Crippen molar-refractivity contribution >= 4 is 11.8 Å². The number of ether oxygens (including phenoxy) is 1. The molecule has 0 unspecified atom stereocenters. The van der Waals surface area contributed by atoms with Gasteiger partial charge in [0.1, 0.15) is 0 Å². The van der Waals surface area contributed by atoms with E-state index in [4.69, 9.17) is 10.00 Å². The van der Waals surface area contributed by atoms with Crippen LogP contribution in [0.15, 0.2) is 24.3 Å². The summed E-state index contributed by atoms with van der Waals surface area (Å²) in [6.07, 6.45) is 1.01. The molecule has 6 heteroatoms. The molecule has 2 rings (SSSR count). The molecule has 22 heavy (non-hydrogen) atoms. The first-order valence-corrected chi connectivity index (χ1v) is 7.34. The number of hydrogen-bond acceptors (Lipinski definition) is 4. The largest absolute Gasteiger partial charge is 0.380 e. The molecule has 0 radical (unpaired) electrons. The standard InChI is InChI=1S/C16H19N3O3/c17-12-13-2-4-14(5-3-13)16(21)19-8-1-10-22-11-7-18-15(20)6-9-19/h2-5H,1,6-11H2,(H,18,20). The fourth-order valence-electron chi connectivity index (χ4n) is 2.23. The van der Waals surface area contributed by atoms with Crippen LogP contribution in [-0.2, 0) is 9.53 Å². The Bertz CT molecular complexity index is 563. The third-order valence-electron chi connectivity index (χ3n) is 3.44. The van der Waals surface area contributed by atoms with Crippen LogP contribution in [0.3, 0.4) is 0 Å². The highest BCUT2D eigenvalue weighted by Gasteiger charge is 2.17. The third kappa shape index (κ3) is 4.57. The molecule has 0 bridgehead atoms. The van der Waals surface area contributed by atoms with Gasteiger partial charge in [-0.25, -0.2) is 0 Å². The van der Waals surface area contributed by atoms with Gasteiger partial charge in [0.15, 0.2) is 0 Å². The molecule has 1 aliphatic rings. The van der Waals surface area contributed by atoms with E-state index >= 15 is 0 Å². The number of amides is 2. The van der Waals surface area contributed by atoms with Crippen molar-refractivity contribution in [3.05, 3.63) is 35.4 Å². The fourth-order valence-corrected chi connectivity index (χ4v) is 2.23. The Labute approximate surface area is 129 Å². The van der Waals surface area contributed by atoms with Gasteiger partial charge in [0.05, 0.1) is 18.2 Å². The van der Waals surface area contributed by atoms with Crippen molar-refractivity contribution in [1.29, 1.82) is 5.26 Å². The maximum atomic E-state index is 12.5. The zero-order valence-corrected chi connectivity index (χ0v) is 12.4. The van der Waals surface area contributed by atoms with Gasteiger partial charge in [-0.3, -0.25) is 9.59 Å². The van der Waals surface area contributed by atoms with E-state index in [1.165, 1.54) is 0 Å². The minimum atomic E-state index is -0.128. The molecule has 1 heterocycles. The molecular weight excluding hydrogens is 282 g/mol. The van der Waals surface area contributed by atoms with Crippen molar-refractivity contribution in [2.24, 2.45) is 0 Å². The summed E-state index contributed by atoms with van der Waals surface area (Å²) in [6, 6.07) is 8.55. The van der Waals surface area contributed by atoms with E-state index in [0.29, 0.717) is 44.0 Å². The number of carbonyl (C=O) groups excluding carboxylic acids is 2. The summed E-state index contributed by atoms with van der Waals surface area (Å²) in [6.45, 7) is 2.49. The topological polar surface area (TPSA) is 82.4 Å². The average Bonchev–Trinajstić information content (AvgIpc) is 2.60. The molecule has 0 aliphatic carbocycles. The van der Waals surface area contributed by atoms with Crippen LogP contribution in [0.4, 0.5) is 0 Å². The molecule has 0 spiro atoms. The minimum absolute atomic E-state index is 0.0804. The third-order valence-corrected chi connectivity index (χ3v) is 3.44. The molecule has 1 aliphatic heterocycles. The number of nitrogens with one attached hydrogen (secondary N) is 1. The van der Waals surface area contributed by atoms with Gasteiger partial charge in [0.25, 0.3) is 5.91 Å². The number of hydrogen-bond donors (Lipinski definition) is 1. The zero-order valence-electron chi connectivity index (χ0n) is 12.4. The smallest absolute Gasteiger partial charge is 0.253 e. The van der Waals surface area contributed by atoms with Crippen LogP contribution in [0.1, 0.15) is 28.8 Å². The van der Waals surface area contributed by atoms with Crippen LogP contribution >= 0.6 is 0 Å². The lowest BCUT2D eigenvalue weighted by atomic mass is 10.1. The van der Waals surface area contributed by atoms with Crippen LogP contribution in [0.5, 0.6) is 0 Å².